The number of alkyl halides is 3. The maximum atomic E-state index is 13.8. The number of aliphatic imine (C=N–C) groups is 1. The van der Waals surface area contributed by atoms with E-state index in [-0.39, 0.29) is 11.7 Å². The highest BCUT2D eigenvalue weighted by atomic mass is 19.4. The maximum Gasteiger partial charge on any atom is 0.419 e. The van der Waals surface area contributed by atoms with Gasteiger partial charge in [-0.05, 0) is 80.5 Å². The number of ether oxygens (including phenoxy) is 1. The van der Waals surface area contributed by atoms with Gasteiger partial charge in [-0.25, -0.2) is 4.99 Å². The number of hydrogen-bond acceptors (Lipinski definition) is 2. The molecule has 3 rings (SSSR count). The molecule has 1 saturated carbocycles. The van der Waals surface area contributed by atoms with Crippen LogP contribution >= 0.6 is 0 Å². The van der Waals surface area contributed by atoms with Crippen molar-refractivity contribution in [3.63, 3.8) is 0 Å². The molecule has 1 fully saturated rings. The topological polar surface area (TPSA) is 24.8 Å². The number of benzene rings is 2. The minimum Gasteiger partial charge on any atom is -0.456 e. The molecular formula is C24H29F3N2O. The van der Waals surface area contributed by atoms with E-state index in [9.17, 15) is 13.2 Å². The van der Waals surface area contributed by atoms with Crippen LogP contribution in [-0.2, 0) is 6.18 Å². The molecule has 0 heterocycles. The van der Waals surface area contributed by atoms with Gasteiger partial charge in [0.05, 0.1) is 17.6 Å². The van der Waals surface area contributed by atoms with Crippen LogP contribution < -0.4 is 4.74 Å². The molecule has 0 unspecified atom stereocenters. The van der Waals surface area contributed by atoms with Crippen LogP contribution in [0.3, 0.4) is 0 Å². The van der Waals surface area contributed by atoms with Gasteiger partial charge in [-0.3, -0.25) is 0 Å². The average molecular weight is 419 g/mol. The van der Waals surface area contributed by atoms with Crippen LogP contribution in [-0.4, -0.2) is 24.8 Å². The van der Waals surface area contributed by atoms with Gasteiger partial charge >= 0.3 is 6.18 Å². The maximum absolute atomic E-state index is 13.8. The van der Waals surface area contributed by atoms with Crippen molar-refractivity contribution in [1.82, 2.24) is 4.90 Å². The molecule has 0 atom stereocenters. The van der Waals surface area contributed by atoms with Gasteiger partial charge in [0.25, 0.3) is 0 Å². The molecule has 0 amide bonds. The third-order valence-electron chi connectivity index (χ3n) is 5.74. The molecule has 0 aliphatic heterocycles. The molecule has 162 valence electrons. The molecule has 3 nitrogen and oxygen atoms in total. The Balaban J connectivity index is 1.91. The summed E-state index contributed by atoms with van der Waals surface area (Å²) in [6, 6.07) is 8.10. The van der Waals surface area contributed by atoms with Crippen molar-refractivity contribution >= 4 is 12.0 Å². The third-order valence-corrected chi connectivity index (χ3v) is 5.74. The summed E-state index contributed by atoms with van der Waals surface area (Å²) in [7, 11) is 1.93. The summed E-state index contributed by atoms with van der Waals surface area (Å²) in [5.74, 6) is 0.464. The Labute approximate surface area is 176 Å². The zero-order valence-electron chi connectivity index (χ0n) is 18.0. The van der Waals surface area contributed by atoms with Crippen LogP contribution in [0.4, 0.5) is 18.9 Å². The zero-order chi connectivity index (χ0) is 21.9. The third kappa shape index (κ3) is 5.15. The van der Waals surface area contributed by atoms with Crippen molar-refractivity contribution in [2.75, 3.05) is 13.6 Å². The summed E-state index contributed by atoms with van der Waals surface area (Å²) in [6.45, 7) is 6.55. The molecule has 30 heavy (non-hydrogen) atoms. The van der Waals surface area contributed by atoms with E-state index in [1.807, 2.05) is 38.8 Å². The summed E-state index contributed by atoms with van der Waals surface area (Å²) in [5.41, 5.74) is 2.39. The van der Waals surface area contributed by atoms with Gasteiger partial charge in [0.2, 0.25) is 0 Å². The summed E-state index contributed by atoms with van der Waals surface area (Å²) in [4.78, 5) is 6.41. The fraction of sp³-hybridized carbons (Fsp3) is 0.458. The lowest BCUT2D eigenvalue weighted by molar-refractivity contribution is -0.138. The Kier molecular flexibility index (Phi) is 6.74. The molecule has 6 heteroatoms. The van der Waals surface area contributed by atoms with Crippen LogP contribution in [0.25, 0.3) is 0 Å². The fourth-order valence-corrected chi connectivity index (χ4v) is 3.76. The van der Waals surface area contributed by atoms with Crippen molar-refractivity contribution in [3.8, 4) is 11.5 Å². The highest BCUT2D eigenvalue weighted by molar-refractivity contribution is 5.64. The number of hydrogen-bond donors (Lipinski definition) is 0. The molecule has 0 spiro atoms. The predicted octanol–water partition coefficient (Wildman–Crippen LogP) is 7.38. The van der Waals surface area contributed by atoms with Crippen LogP contribution in [0, 0.1) is 13.8 Å². The number of aryl methyl sites for hydroxylation is 2. The first-order chi connectivity index (χ1) is 14.2. The molecule has 0 aromatic heterocycles. The molecule has 1 aliphatic rings. The van der Waals surface area contributed by atoms with Gasteiger partial charge in [0, 0.05) is 13.6 Å². The van der Waals surface area contributed by atoms with E-state index in [1.165, 1.54) is 12.1 Å². The first-order valence-electron chi connectivity index (χ1n) is 10.4. The Morgan fingerprint density at radius 1 is 1.07 bits per heavy atom. The minimum absolute atomic E-state index is 0.159. The predicted molar refractivity (Wildman–Crippen MR) is 115 cm³/mol. The van der Waals surface area contributed by atoms with Crippen LogP contribution in [0.15, 0.2) is 35.3 Å². The van der Waals surface area contributed by atoms with Gasteiger partial charge in [0.15, 0.2) is 0 Å². The number of nitrogens with zero attached hydrogens (tertiary/aromatic N) is 2. The van der Waals surface area contributed by atoms with E-state index >= 15 is 0 Å². The molecule has 0 saturated heterocycles. The second kappa shape index (κ2) is 9.11. The van der Waals surface area contributed by atoms with E-state index < -0.39 is 11.7 Å². The Bertz CT molecular complexity index is 915. The van der Waals surface area contributed by atoms with Crippen LogP contribution in [0.2, 0.25) is 0 Å². The average Bonchev–Trinajstić information content (AvgIpc) is 3.23. The van der Waals surface area contributed by atoms with Crippen molar-refractivity contribution < 1.29 is 17.9 Å². The lowest BCUT2D eigenvalue weighted by Gasteiger charge is -2.19. The smallest absolute Gasteiger partial charge is 0.419 e. The molecule has 2 aromatic rings. The fourth-order valence-electron chi connectivity index (χ4n) is 3.76. The lowest BCUT2D eigenvalue weighted by Crippen LogP contribution is -2.14. The molecule has 2 aromatic carbocycles. The molecule has 0 bridgehead atoms. The van der Waals surface area contributed by atoms with E-state index in [1.54, 1.807) is 18.5 Å². The lowest BCUT2D eigenvalue weighted by atomic mass is 9.95. The van der Waals surface area contributed by atoms with Crippen molar-refractivity contribution in [1.29, 1.82) is 0 Å². The van der Waals surface area contributed by atoms with Gasteiger partial charge in [-0.1, -0.05) is 18.9 Å². The number of halogens is 3. The highest BCUT2D eigenvalue weighted by Crippen LogP contribution is 2.43. The first kappa shape index (κ1) is 22.2. The van der Waals surface area contributed by atoms with E-state index in [0.29, 0.717) is 5.75 Å². The normalized spacial score (nSPS) is 15.2. The standard InChI is InChI=1S/C24H29F3N2O/c1-5-29(4)15-28-21-12-17(3)23(13-16(21)2)30-22-11-10-19(18-8-6-7-9-18)14-20(22)24(25,26)27/h10-15,18H,5-9H2,1-4H3/b28-15-. The quantitative estimate of drug-likeness (QED) is 0.361. The first-order valence-corrected chi connectivity index (χ1v) is 10.4. The van der Waals surface area contributed by atoms with Gasteiger partial charge in [0.1, 0.15) is 11.5 Å². The summed E-state index contributed by atoms with van der Waals surface area (Å²) in [5, 5.41) is 0. The van der Waals surface area contributed by atoms with Crippen LogP contribution in [0.1, 0.15) is 60.8 Å². The second-order valence-corrected chi connectivity index (χ2v) is 8.06. The second-order valence-electron chi connectivity index (χ2n) is 8.06. The molecule has 0 N–H and O–H groups in total. The van der Waals surface area contributed by atoms with Gasteiger partial charge in [-0.2, -0.15) is 13.2 Å². The summed E-state index contributed by atoms with van der Waals surface area (Å²) >= 11 is 0. The molecule has 1 aliphatic carbocycles. The SMILES string of the molecule is CCN(C)/C=N\c1cc(C)c(Oc2ccc(C3CCCC3)cc2C(F)(F)F)cc1C. The Morgan fingerprint density at radius 2 is 1.77 bits per heavy atom. The van der Waals surface area contributed by atoms with Crippen molar-refractivity contribution in [3.05, 3.63) is 52.6 Å². The monoisotopic (exact) mass is 418 g/mol. The largest absolute Gasteiger partial charge is 0.456 e. The van der Waals surface area contributed by atoms with Gasteiger partial charge < -0.3 is 9.64 Å². The van der Waals surface area contributed by atoms with E-state index in [4.69, 9.17) is 4.74 Å². The summed E-state index contributed by atoms with van der Waals surface area (Å²) in [6.07, 6.45) is 1.32. The zero-order valence-corrected chi connectivity index (χ0v) is 18.0. The van der Waals surface area contributed by atoms with Crippen molar-refractivity contribution in [2.45, 2.75) is 58.5 Å². The molecule has 0 radical (unpaired) electrons. The summed E-state index contributed by atoms with van der Waals surface area (Å²) < 4.78 is 47.1. The van der Waals surface area contributed by atoms with Crippen molar-refractivity contribution in [2.24, 2.45) is 4.99 Å². The molecular weight excluding hydrogens is 389 g/mol. The van der Waals surface area contributed by atoms with E-state index in [0.717, 1.165) is 54.6 Å². The van der Waals surface area contributed by atoms with Crippen LogP contribution in [0.5, 0.6) is 11.5 Å². The minimum atomic E-state index is -4.47. The van der Waals surface area contributed by atoms with Gasteiger partial charge in [-0.15, -0.1) is 0 Å². The Morgan fingerprint density at radius 3 is 2.40 bits per heavy atom. The Hall–Kier alpha value is -2.50. The highest BCUT2D eigenvalue weighted by Gasteiger charge is 2.35. The number of rotatable bonds is 6. The van der Waals surface area contributed by atoms with E-state index in [2.05, 4.69) is 4.99 Å².